The molecule has 0 spiro atoms. The summed E-state index contributed by atoms with van der Waals surface area (Å²) in [5.74, 6) is 0. The van der Waals surface area contributed by atoms with Crippen LogP contribution in [0.4, 0.5) is 10.5 Å². The van der Waals surface area contributed by atoms with Gasteiger partial charge in [0.15, 0.2) is 0 Å². The van der Waals surface area contributed by atoms with E-state index >= 15 is 0 Å². The fraction of sp³-hybridized carbons (Fsp3) is 0.417. The summed E-state index contributed by atoms with van der Waals surface area (Å²) < 4.78 is 0. The second-order valence-corrected chi connectivity index (χ2v) is 4.51. The van der Waals surface area contributed by atoms with Gasteiger partial charge in [-0.2, -0.15) is 0 Å². The summed E-state index contributed by atoms with van der Waals surface area (Å²) in [7, 11) is 0. The highest BCUT2D eigenvalue weighted by molar-refractivity contribution is 5.87. The number of urea groups is 1. The quantitative estimate of drug-likeness (QED) is 0.721. The highest BCUT2D eigenvalue weighted by atomic mass is 16.2. The maximum atomic E-state index is 10.8. The van der Waals surface area contributed by atoms with E-state index in [2.05, 4.69) is 11.4 Å². The summed E-state index contributed by atoms with van der Waals surface area (Å²) in [5.41, 5.74) is 13.1. The van der Waals surface area contributed by atoms with Crippen molar-refractivity contribution in [2.75, 3.05) is 5.32 Å². The molecule has 1 aromatic carbocycles. The van der Waals surface area contributed by atoms with Crippen LogP contribution in [-0.2, 0) is 5.41 Å². The third-order valence-electron chi connectivity index (χ3n) is 3.37. The Morgan fingerprint density at radius 1 is 1.50 bits per heavy atom. The average Bonchev–Trinajstić information content (AvgIpc) is 2.97. The smallest absolute Gasteiger partial charge is 0.316 e. The van der Waals surface area contributed by atoms with Crippen molar-refractivity contribution in [1.82, 2.24) is 0 Å². The number of benzene rings is 1. The van der Waals surface area contributed by atoms with Crippen LogP contribution in [-0.4, -0.2) is 12.1 Å². The van der Waals surface area contributed by atoms with Gasteiger partial charge in [-0.1, -0.05) is 12.1 Å². The van der Waals surface area contributed by atoms with Crippen LogP contribution in [0.2, 0.25) is 0 Å². The van der Waals surface area contributed by atoms with E-state index in [0.29, 0.717) is 0 Å². The predicted molar refractivity (Wildman–Crippen MR) is 64.2 cm³/mol. The van der Waals surface area contributed by atoms with Gasteiger partial charge >= 0.3 is 6.03 Å². The van der Waals surface area contributed by atoms with Crippen molar-refractivity contribution in [3.63, 3.8) is 0 Å². The van der Waals surface area contributed by atoms with Crippen LogP contribution < -0.4 is 16.8 Å². The summed E-state index contributed by atoms with van der Waals surface area (Å²) in [5, 5.41) is 2.58. The summed E-state index contributed by atoms with van der Waals surface area (Å²) in [6, 6.07) is 7.36. The van der Waals surface area contributed by atoms with Crippen LogP contribution in [0.1, 0.15) is 25.3 Å². The molecule has 0 heterocycles. The molecule has 0 radical (unpaired) electrons. The van der Waals surface area contributed by atoms with Crippen molar-refractivity contribution in [2.45, 2.75) is 31.2 Å². The van der Waals surface area contributed by atoms with Gasteiger partial charge in [0, 0.05) is 17.1 Å². The monoisotopic (exact) mass is 219 g/mol. The third-order valence-corrected chi connectivity index (χ3v) is 3.37. The lowest BCUT2D eigenvalue weighted by atomic mass is 9.89. The van der Waals surface area contributed by atoms with E-state index in [1.165, 1.54) is 5.56 Å². The van der Waals surface area contributed by atoms with Crippen molar-refractivity contribution >= 4 is 11.7 Å². The van der Waals surface area contributed by atoms with Gasteiger partial charge < -0.3 is 16.8 Å². The Kier molecular flexibility index (Phi) is 2.59. The highest BCUT2D eigenvalue weighted by Gasteiger charge is 2.47. The molecule has 86 valence electrons. The Morgan fingerprint density at radius 2 is 2.19 bits per heavy atom. The number of amides is 2. The van der Waals surface area contributed by atoms with E-state index in [1.807, 2.05) is 25.1 Å². The number of carbonyl (C=O) groups is 1. The molecule has 0 bridgehead atoms. The highest BCUT2D eigenvalue weighted by Crippen LogP contribution is 2.50. The van der Waals surface area contributed by atoms with Gasteiger partial charge in [-0.25, -0.2) is 4.79 Å². The molecule has 1 fully saturated rings. The lowest BCUT2D eigenvalue weighted by Crippen LogP contribution is -2.31. The molecule has 4 nitrogen and oxygen atoms in total. The Labute approximate surface area is 95.0 Å². The fourth-order valence-corrected chi connectivity index (χ4v) is 2.19. The molecule has 0 aliphatic heterocycles. The second-order valence-electron chi connectivity index (χ2n) is 4.51. The molecule has 2 amide bonds. The minimum atomic E-state index is -0.539. The van der Waals surface area contributed by atoms with Gasteiger partial charge in [-0.05, 0) is 37.5 Å². The van der Waals surface area contributed by atoms with Crippen LogP contribution >= 0.6 is 0 Å². The molecule has 1 aliphatic rings. The summed E-state index contributed by atoms with van der Waals surface area (Å²) in [4.78, 5) is 10.8. The topological polar surface area (TPSA) is 81.1 Å². The van der Waals surface area contributed by atoms with Crippen molar-refractivity contribution in [3.05, 3.63) is 29.8 Å². The maximum absolute atomic E-state index is 10.8. The maximum Gasteiger partial charge on any atom is 0.316 e. The van der Waals surface area contributed by atoms with Crippen LogP contribution in [0.25, 0.3) is 0 Å². The number of anilines is 1. The minimum Gasteiger partial charge on any atom is -0.351 e. The average molecular weight is 219 g/mol. The standard InChI is InChI=1S/C12H17N3O/c1-8(13)12(5-6-12)9-3-2-4-10(7-9)15-11(14)16/h2-4,7-8H,5-6,13H2,1H3,(H3,14,15,16). The summed E-state index contributed by atoms with van der Waals surface area (Å²) in [6.07, 6.45) is 2.23. The fourth-order valence-electron chi connectivity index (χ4n) is 2.19. The van der Waals surface area contributed by atoms with Crippen molar-refractivity contribution in [2.24, 2.45) is 11.5 Å². The molecule has 1 unspecified atom stereocenters. The Balaban J connectivity index is 2.26. The van der Waals surface area contributed by atoms with Crippen molar-refractivity contribution < 1.29 is 4.79 Å². The second kappa shape index (κ2) is 3.79. The van der Waals surface area contributed by atoms with Crippen LogP contribution in [0.5, 0.6) is 0 Å². The molecule has 0 aromatic heterocycles. The van der Waals surface area contributed by atoms with Gasteiger partial charge in [0.1, 0.15) is 0 Å². The first kappa shape index (κ1) is 11.0. The molecule has 16 heavy (non-hydrogen) atoms. The Bertz CT molecular complexity index is 410. The lowest BCUT2D eigenvalue weighted by molar-refractivity contribution is 0.259. The molecule has 1 saturated carbocycles. The minimum absolute atomic E-state index is 0.106. The molecule has 2 rings (SSSR count). The molecule has 1 atom stereocenters. The molecular formula is C12H17N3O. The largest absolute Gasteiger partial charge is 0.351 e. The zero-order valence-corrected chi connectivity index (χ0v) is 9.36. The van der Waals surface area contributed by atoms with E-state index < -0.39 is 6.03 Å². The zero-order valence-electron chi connectivity index (χ0n) is 9.36. The number of nitrogens with one attached hydrogen (secondary N) is 1. The van der Waals surface area contributed by atoms with E-state index in [-0.39, 0.29) is 11.5 Å². The van der Waals surface area contributed by atoms with E-state index in [1.54, 1.807) is 0 Å². The number of hydrogen-bond acceptors (Lipinski definition) is 2. The molecule has 1 aromatic rings. The summed E-state index contributed by atoms with van der Waals surface area (Å²) in [6.45, 7) is 2.03. The molecule has 5 N–H and O–H groups in total. The Morgan fingerprint density at radius 3 is 2.69 bits per heavy atom. The van der Waals surface area contributed by atoms with Gasteiger partial charge in [0.25, 0.3) is 0 Å². The van der Waals surface area contributed by atoms with Gasteiger partial charge in [-0.15, -0.1) is 0 Å². The summed E-state index contributed by atoms with van der Waals surface area (Å²) >= 11 is 0. The van der Waals surface area contributed by atoms with E-state index in [0.717, 1.165) is 18.5 Å². The number of hydrogen-bond donors (Lipinski definition) is 3. The lowest BCUT2D eigenvalue weighted by Gasteiger charge is -2.20. The number of carbonyl (C=O) groups excluding carboxylic acids is 1. The van der Waals surface area contributed by atoms with Gasteiger partial charge in [0.2, 0.25) is 0 Å². The normalized spacial score (nSPS) is 18.9. The van der Waals surface area contributed by atoms with Crippen molar-refractivity contribution in [1.29, 1.82) is 0 Å². The Hall–Kier alpha value is -1.55. The first-order valence-corrected chi connectivity index (χ1v) is 5.47. The number of nitrogens with two attached hydrogens (primary N) is 2. The van der Waals surface area contributed by atoms with Crippen LogP contribution in [0.3, 0.4) is 0 Å². The van der Waals surface area contributed by atoms with Gasteiger partial charge in [-0.3, -0.25) is 0 Å². The zero-order chi connectivity index (χ0) is 11.8. The SMILES string of the molecule is CC(N)C1(c2cccc(NC(N)=O)c2)CC1. The number of rotatable bonds is 3. The van der Waals surface area contributed by atoms with E-state index in [4.69, 9.17) is 11.5 Å². The first-order chi connectivity index (χ1) is 7.54. The number of primary amides is 1. The third kappa shape index (κ3) is 1.88. The van der Waals surface area contributed by atoms with E-state index in [9.17, 15) is 4.79 Å². The van der Waals surface area contributed by atoms with Crippen LogP contribution in [0, 0.1) is 0 Å². The van der Waals surface area contributed by atoms with Crippen LogP contribution in [0.15, 0.2) is 24.3 Å². The molecule has 4 heteroatoms. The first-order valence-electron chi connectivity index (χ1n) is 5.47. The predicted octanol–water partition coefficient (Wildman–Crippen LogP) is 1.56. The molecule has 1 aliphatic carbocycles. The van der Waals surface area contributed by atoms with Gasteiger partial charge in [0.05, 0.1) is 0 Å². The van der Waals surface area contributed by atoms with Crippen molar-refractivity contribution in [3.8, 4) is 0 Å². The molecular weight excluding hydrogens is 202 g/mol. The molecule has 0 saturated heterocycles.